The van der Waals surface area contributed by atoms with Gasteiger partial charge >= 0.3 is 0 Å². The second-order valence-corrected chi connectivity index (χ2v) is 4.44. The van der Waals surface area contributed by atoms with E-state index < -0.39 is 0 Å². The van der Waals surface area contributed by atoms with Crippen molar-refractivity contribution >= 4 is 11.6 Å². The highest BCUT2D eigenvalue weighted by atomic mass is 35.5. The number of hydrogen-bond acceptors (Lipinski definition) is 2. The van der Waals surface area contributed by atoms with Crippen molar-refractivity contribution in [3.8, 4) is 5.75 Å². The molecule has 0 aliphatic carbocycles. The molecule has 94 valence electrons. The van der Waals surface area contributed by atoms with E-state index in [0.717, 1.165) is 11.1 Å². The van der Waals surface area contributed by atoms with Crippen LogP contribution in [0.2, 0.25) is 5.02 Å². The Balaban J connectivity index is 1.94. The van der Waals surface area contributed by atoms with Gasteiger partial charge in [0.05, 0.1) is 0 Å². The third kappa shape index (κ3) is 3.45. The van der Waals surface area contributed by atoms with Crippen LogP contribution in [0.4, 0.5) is 4.39 Å². The summed E-state index contributed by atoms with van der Waals surface area (Å²) in [6, 6.07) is 11.3. The quantitative estimate of drug-likeness (QED) is 0.887. The second kappa shape index (κ2) is 5.85. The van der Waals surface area contributed by atoms with E-state index in [2.05, 4.69) is 5.32 Å². The van der Waals surface area contributed by atoms with Gasteiger partial charge < -0.3 is 10.4 Å². The van der Waals surface area contributed by atoms with Gasteiger partial charge in [0.1, 0.15) is 11.6 Å². The van der Waals surface area contributed by atoms with Gasteiger partial charge in [-0.1, -0.05) is 23.7 Å². The lowest BCUT2D eigenvalue weighted by Gasteiger charge is -2.07. The molecule has 2 N–H and O–H groups in total. The Morgan fingerprint density at radius 1 is 1.11 bits per heavy atom. The first kappa shape index (κ1) is 12.9. The summed E-state index contributed by atoms with van der Waals surface area (Å²) in [5.41, 5.74) is 1.58. The molecule has 0 aliphatic rings. The predicted molar refractivity (Wildman–Crippen MR) is 70.1 cm³/mol. The number of aromatic hydroxyl groups is 1. The van der Waals surface area contributed by atoms with Crippen LogP contribution >= 0.6 is 11.6 Å². The molecule has 2 nitrogen and oxygen atoms in total. The van der Waals surface area contributed by atoms with E-state index in [4.69, 9.17) is 11.6 Å². The number of hydrogen-bond donors (Lipinski definition) is 2. The molecule has 0 unspecified atom stereocenters. The summed E-state index contributed by atoms with van der Waals surface area (Å²) in [6.07, 6.45) is 0. The third-order valence-electron chi connectivity index (χ3n) is 2.58. The van der Waals surface area contributed by atoms with Gasteiger partial charge in [-0.2, -0.15) is 0 Å². The molecule has 0 amide bonds. The zero-order chi connectivity index (χ0) is 13.0. The molecule has 2 rings (SSSR count). The van der Waals surface area contributed by atoms with Crippen LogP contribution in [0.25, 0.3) is 0 Å². The molecule has 0 spiro atoms. The number of benzene rings is 2. The molecule has 0 atom stereocenters. The van der Waals surface area contributed by atoms with Crippen LogP contribution in [0, 0.1) is 5.82 Å². The lowest BCUT2D eigenvalue weighted by Crippen LogP contribution is -2.12. The third-order valence-corrected chi connectivity index (χ3v) is 2.81. The van der Waals surface area contributed by atoms with Crippen molar-refractivity contribution in [3.05, 3.63) is 64.4 Å². The average molecular weight is 266 g/mol. The van der Waals surface area contributed by atoms with Gasteiger partial charge in [-0.15, -0.1) is 0 Å². The maximum absolute atomic E-state index is 12.9. The molecule has 2 aromatic rings. The summed E-state index contributed by atoms with van der Waals surface area (Å²) in [4.78, 5) is 0. The maximum Gasteiger partial charge on any atom is 0.123 e. The van der Waals surface area contributed by atoms with Crippen LogP contribution in [-0.2, 0) is 13.1 Å². The van der Waals surface area contributed by atoms with Crippen molar-refractivity contribution in [1.82, 2.24) is 5.32 Å². The van der Waals surface area contributed by atoms with Gasteiger partial charge in [-0.05, 0) is 35.9 Å². The topological polar surface area (TPSA) is 32.3 Å². The minimum atomic E-state index is -0.250. The Morgan fingerprint density at radius 2 is 1.94 bits per heavy atom. The Morgan fingerprint density at radius 3 is 2.72 bits per heavy atom. The fraction of sp³-hybridized carbons (Fsp3) is 0.143. The lowest BCUT2D eigenvalue weighted by molar-refractivity contribution is 0.464. The molecular weight excluding hydrogens is 253 g/mol. The van der Waals surface area contributed by atoms with E-state index in [1.165, 1.54) is 12.1 Å². The van der Waals surface area contributed by atoms with Crippen LogP contribution in [0.1, 0.15) is 11.1 Å². The molecule has 0 aromatic heterocycles. The molecule has 0 saturated carbocycles. The van der Waals surface area contributed by atoms with Crippen molar-refractivity contribution < 1.29 is 9.50 Å². The van der Waals surface area contributed by atoms with Crippen molar-refractivity contribution in [2.24, 2.45) is 0 Å². The molecule has 0 heterocycles. The SMILES string of the molecule is Oc1ccc(Cl)cc1CNCc1cccc(F)c1. The first-order valence-electron chi connectivity index (χ1n) is 5.58. The minimum Gasteiger partial charge on any atom is -0.508 e. The Labute approximate surface area is 110 Å². The van der Waals surface area contributed by atoms with Gasteiger partial charge in [0, 0.05) is 23.7 Å². The number of nitrogens with one attached hydrogen (secondary N) is 1. The van der Waals surface area contributed by atoms with Crippen molar-refractivity contribution in [2.45, 2.75) is 13.1 Å². The van der Waals surface area contributed by atoms with Gasteiger partial charge in [-0.25, -0.2) is 4.39 Å². The fourth-order valence-electron chi connectivity index (χ4n) is 1.68. The lowest BCUT2D eigenvalue weighted by atomic mass is 10.2. The molecule has 2 aromatic carbocycles. The molecule has 0 bridgehead atoms. The Hall–Kier alpha value is -1.58. The smallest absolute Gasteiger partial charge is 0.123 e. The standard InChI is InChI=1S/C14H13ClFNO/c15-12-4-5-14(18)11(7-12)9-17-8-10-2-1-3-13(16)6-10/h1-7,17-18H,8-9H2. The molecule has 0 radical (unpaired) electrons. The Kier molecular flexibility index (Phi) is 4.18. The van der Waals surface area contributed by atoms with Crippen LogP contribution in [-0.4, -0.2) is 5.11 Å². The summed E-state index contributed by atoms with van der Waals surface area (Å²) in [5.74, 6) is -0.0500. The van der Waals surface area contributed by atoms with E-state index >= 15 is 0 Å². The summed E-state index contributed by atoms with van der Waals surface area (Å²) in [7, 11) is 0. The monoisotopic (exact) mass is 265 g/mol. The Bertz CT molecular complexity index is 545. The average Bonchev–Trinajstić information content (AvgIpc) is 2.34. The van der Waals surface area contributed by atoms with Gasteiger partial charge in [0.2, 0.25) is 0 Å². The van der Waals surface area contributed by atoms with Crippen LogP contribution in [0.15, 0.2) is 42.5 Å². The molecule has 4 heteroatoms. The maximum atomic E-state index is 12.9. The highest BCUT2D eigenvalue weighted by molar-refractivity contribution is 6.30. The van der Waals surface area contributed by atoms with Gasteiger partial charge in [-0.3, -0.25) is 0 Å². The summed E-state index contributed by atoms with van der Waals surface area (Å²) >= 11 is 5.85. The first-order valence-corrected chi connectivity index (χ1v) is 5.95. The molecule has 0 fully saturated rings. The van der Waals surface area contributed by atoms with Crippen molar-refractivity contribution in [1.29, 1.82) is 0 Å². The normalized spacial score (nSPS) is 10.6. The number of phenols is 1. The summed E-state index contributed by atoms with van der Waals surface area (Å²) in [5, 5.41) is 13.3. The molecular formula is C14H13ClFNO. The number of phenolic OH excluding ortho intramolecular Hbond substituents is 1. The largest absolute Gasteiger partial charge is 0.508 e. The van der Waals surface area contributed by atoms with Crippen LogP contribution < -0.4 is 5.32 Å². The van der Waals surface area contributed by atoms with Gasteiger partial charge in [0.25, 0.3) is 0 Å². The zero-order valence-electron chi connectivity index (χ0n) is 9.66. The van der Waals surface area contributed by atoms with E-state index in [1.807, 2.05) is 6.07 Å². The first-order chi connectivity index (χ1) is 8.65. The number of halogens is 2. The van der Waals surface area contributed by atoms with E-state index in [0.29, 0.717) is 18.1 Å². The number of rotatable bonds is 4. The minimum absolute atomic E-state index is 0.200. The van der Waals surface area contributed by atoms with Crippen molar-refractivity contribution in [3.63, 3.8) is 0 Å². The molecule has 0 saturated heterocycles. The summed E-state index contributed by atoms with van der Waals surface area (Å²) < 4.78 is 12.9. The molecule has 18 heavy (non-hydrogen) atoms. The fourth-order valence-corrected chi connectivity index (χ4v) is 1.88. The zero-order valence-corrected chi connectivity index (χ0v) is 10.4. The van der Waals surface area contributed by atoms with E-state index in [-0.39, 0.29) is 11.6 Å². The second-order valence-electron chi connectivity index (χ2n) is 4.01. The van der Waals surface area contributed by atoms with Crippen molar-refractivity contribution in [2.75, 3.05) is 0 Å². The van der Waals surface area contributed by atoms with Crippen LogP contribution in [0.5, 0.6) is 5.75 Å². The van der Waals surface area contributed by atoms with Crippen LogP contribution in [0.3, 0.4) is 0 Å². The molecule has 0 aliphatic heterocycles. The van der Waals surface area contributed by atoms with E-state index in [1.54, 1.807) is 24.3 Å². The summed E-state index contributed by atoms with van der Waals surface area (Å²) in [6.45, 7) is 1.01. The highest BCUT2D eigenvalue weighted by Crippen LogP contribution is 2.21. The van der Waals surface area contributed by atoms with E-state index in [9.17, 15) is 9.50 Å². The predicted octanol–water partition coefficient (Wildman–Crippen LogP) is 3.47. The van der Waals surface area contributed by atoms with Gasteiger partial charge in [0.15, 0.2) is 0 Å². The highest BCUT2D eigenvalue weighted by Gasteiger charge is 2.02.